The van der Waals surface area contributed by atoms with Gasteiger partial charge in [0.05, 0.1) is 19.6 Å². The minimum Gasteiger partial charge on any atom is -0.493 e. The predicted molar refractivity (Wildman–Crippen MR) is 159 cm³/mol. The van der Waals surface area contributed by atoms with Gasteiger partial charge in [-0.2, -0.15) is 0 Å². The van der Waals surface area contributed by atoms with Gasteiger partial charge in [-0.15, -0.1) is 0 Å². The van der Waals surface area contributed by atoms with Gasteiger partial charge in [-0.1, -0.05) is 18.9 Å². The SMILES string of the molecule is COc1ccc2c(c1OC(=O)CC13CC4CC(CC(C4)C1)C3)[C@@H](C1CCCC1)N1CCc3cc4c(cc3C1=C2)OCO4. The van der Waals surface area contributed by atoms with E-state index in [9.17, 15) is 4.79 Å². The topological polar surface area (TPSA) is 57.2 Å². The lowest BCUT2D eigenvalue weighted by Crippen LogP contribution is -2.47. The molecule has 4 bridgehead atoms. The van der Waals surface area contributed by atoms with E-state index in [1.165, 1.54) is 81.0 Å². The molecular weight excluding hydrogens is 526 g/mol. The van der Waals surface area contributed by atoms with Crippen LogP contribution < -0.4 is 18.9 Å². The molecule has 3 aliphatic heterocycles. The van der Waals surface area contributed by atoms with Crippen LogP contribution in [0.4, 0.5) is 0 Å². The molecule has 1 atom stereocenters. The number of carbonyl (C=O) groups excluding carboxylic acids is 1. The van der Waals surface area contributed by atoms with Crippen molar-refractivity contribution in [3.63, 3.8) is 0 Å². The van der Waals surface area contributed by atoms with Crippen LogP contribution in [0, 0.1) is 29.1 Å². The van der Waals surface area contributed by atoms with Crippen LogP contribution in [0.2, 0.25) is 0 Å². The summed E-state index contributed by atoms with van der Waals surface area (Å²) >= 11 is 0. The molecule has 0 unspecified atom stereocenters. The number of rotatable bonds is 5. The molecule has 6 heteroatoms. The number of nitrogens with zero attached hydrogens (tertiary/aromatic N) is 1. The van der Waals surface area contributed by atoms with E-state index in [0.29, 0.717) is 23.8 Å². The van der Waals surface area contributed by atoms with Crippen LogP contribution in [-0.4, -0.2) is 31.3 Å². The maximum atomic E-state index is 13.9. The van der Waals surface area contributed by atoms with Gasteiger partial charge < -0.3 is 23.8 Å². The average molecular weight is 568 g/mol. The van der Waals surface area contributed by atoms with Gasteiger partial charge in [0.1, 0.15) is 0 Å². The molecule has 8 aliphatic rings. The molecule has 5 saturated carbocycles. The number of hydrogen-bond donors (Lipinski definition) is 0. The summed E-state index contributed by atoms with van der Waals surface area (Å²) in [5, 5.41) is 0. The van der Waals surface area contributed by atoms with Crippen LogP contribution in [0.1, 0.15) is 98.9 Å². The zero-order valence-electron chi connectivity index (χ0n) is 24.7. The molecule has 2 aromatic rings. The van der Waals surface area contributed by atoms with E-state index < -0.39 is 0 Å². The fourth-order valence-corrected chi connectivity index (χ4v) is 10.7. The van der Waals surface area contributed by atoms with Crippen molar-refractivity contribution in [3.8, 4) is 23.0 Å². The maximum Gasteiger partial charge on any atom is 0.311 e. The first-order valence-electron chi connectivity index (χ1n) is 16.4. The molecule has 0 aromatic heterocycles. The third-order valence-electron chi connectivity index (χ3n) is 11.9. The Bertz CT molecular complexity index is 1450. The second kappa shape index (κ2) is 9.42. The van der Waals surface area contributed by atoms with Crippen molar-refractivity contribution in [2.24, 2.45) is 29.1 Å². The van der Waals surface area contributed by atoms with Gasteiger partial charge in [-0.05, 0) is 122 Å². The van der Waals surface area contributed by atoms with E-state index in [4.69, 9.17) is 18.9 Å². The van der Waals surface area contributed by atoms with Gasteiger partial charge in [0.15, 0.2) is 23.0 Å². The fraction of sp³-hybridized carbons (Fsp3) is 0.583. The summed E-state index contributed by atoms with van der Waals surface area (Å²) in [5.41, 5.74) is 6.22. The van der Waals surface area contributed by atoms with E-state index >= 15 is 0 Å². The lowest BCUT2D eigenvalue weighted by Gasteiger charge is -2.56. The van der Waals surface area contributed by atoms with Crippen LogP contribution in [0.15, 0.2) is 24.3 Å². The first-order valence-corrected chi connectivity index (χ1v) is 16.4. The third kappa shape index (κ3) is 3.92. The van der Waals surface area contributed by atoms with Crippen molar-refractivity contribution in [3.05, 3.63) is 46.5 Å². The highest BCUT2D eigenvalue weighted by Gasteiger charge is 2.52. The molecule has 2 aromatic carbocycles. The third-order valence-corrected chi connectivity index (χ3v) is 11.9. The molecule has 0 radical (unpaired) electrons. The number of fused-ring (bicyclic) bond motifs is 5. The smallest absolute Gasteiger partial charge is 0.311 e. The van der Waals surface area contributed by atoms with Gasteiger partial charge in [0.25, 0.3) is 0 Å². The summed E-state index contributed by atoms with van der Waals surface area (Å²) in [5.74, 6) is 5.91. The Morgan fingerprint density at radius 3 is 2.43 bits per heavy atom. The lowest BCUT2D eigenvalue weighted by atomic mass is 9.49. The van der Waals surface area contributed by atoms with E-state index in [1.807, 2.05) is 6.07 Å². The second-order valence-electron chi connectivity index (χ2n) is 14.5. The number of esters is 1. The molecule has 0 spiro atoms. The largest absolute Gasteiger partial charge is 0.493 e. The number of methoxy groups -OCH3 is 1. The molecule has 6 nitrogen and oxygen atoms in total. The molecule has 0 amide bonds. The summed E-state index contributed by atoms with van der Waals surface area (Å²) < 4.78 is 23.9. The summed E-state index contributed by atoms with van der Waals surface area (Å²) in [7, 11) is 1.70. The van der Waals surface area contributed by atoms with E-state index in [0.717, 1.165) is 53.3 Å². The zero-order chi connectivity index (χ0) is 28.0. The minimum absolute atomic E-state index is 0.0692. The van der Waals surface area contributed by atoms with Gasteiger partial charge in [-0.3, -0.25) is 4.79 Å². The summed E-state index contributed by atoms with van der Waals surface area (Å²) in [6.45, 7) is 1.21. The average Bonchev–Trinajstić information content (AvgIpc) is 3.66. The van der Waals surface area contributed by atoms with Gasteiger partial charge in [0, 0.05) is 23.4 Å². The Balaban J connectivity index is 1.11. The van der Waals surface area contributed by atoms with Crippen molar-refractivity contribution in [1.82, 2.24) is 4.90 Å². The van der Waals surface area contributed by atoms with E-state index in [-0.39, 0.29) is 24.2 Å². The van der Waals surface area contributed by atoms with E-state index in [1.54, 1.807) is 7.11 Å². The lowest BCUT2D eigenvalue weighted by molar-refractivity contribution is -0.143. The molecule has 10 rings (SSSR count). The highest BCUT2D eigenvalue weighted by atomic mass is 16.7. The second-order valence-corrected chi connectivity index (χ2v) is 14.5. The number of ether oxygens (including phenoxy) is 4. The summed E-state index contributed by atoms with van der Waals surface area (Å²) in [4.78, 5) is 16.5. The molecule has 5 aliphatic carbocycles. The Morgan fingerprint density at radius 1 is 1.00 bits per heavy atom. The minimum atomic E-state index is -0.0692. The molecular formula is C36H41NO5. The first kappa shape index (κ1) is 25.4. The first-order chi connectivity index (χ1) is 20.6. The zero-order valence-corrected chi connectivity index (χ0v) is 24.7. The molecule has 220 valence electrons. The molecule has 3 heterocycles. The van der Waals surface area contributed by atoms with E-state index in [2.05, 4.69) is 29.2 Å². The highest BCUT2D eigenvalue weighted by molar-refractivity contribution is 5.88. The Morgan fingerprint density at radius 2 is 1.71 bits per heavy atom. The molecule has 5 fully saturated rings. The van der Waals surface area contributed by atoms with Gasteiger partial charge >= 0.3 is 5.97 Å². The number of benzene rings is 2. The molecule has 42 heavy (non-hydrogen) atoms. The van der Waals surface area contributed by atoms with Crippen molar-refractivity contribution >= 4 is 17.7 Å². The van der Waals surface area contributed by atoms with Crippen LogP contribution in [0.5, 0.6) is 23.0 Å². The Kier molecular flexibility index (Phi) is 5.69. The molecule has 0 saturated heterocycles. The van der Waals surface area contributed by atoms with Crippen molar-refractivity contribution in [2.75, 3.05) is 20.4 Å². The standard InChI is InChI=1S/C36H41NO5/c1-39-29-7-6-26-13-28-27-15-31-30(40-20-41-31)14-25(27)8-9-37(28)34(24-4-2-3-5-24)33(26)35(29)42-32(38)19-36-16-21-10-22(17-36)12-23(11-21)18-36/h6-7,13-15,21-24,34H,2-5,8-12,16-20H2,1H3/t21?,22?,23?,34-,36?/m1/s1. The number of hydrogen-bond acceptors (Lipinski definition) is 6. The highest BCUT2D eigenvalue weighted by Crippen LogP contribution is 2.62. The summed E-state index contributed by atoms with van der Waals surface area (Å²) in [6.07, 6.45) is 16.5. The Hall–Kier alpha value is -3.15. The van der Waals surface area contributed by atoms with Crippen molar-refractivity contribution < 1.29 is 23.7 Å². The summed E-state index contributed by atoms with van der Waals surface area (Å²) in [6, 6.07) is 8.65. The van der Waals surface area contributed by atoms with Crippen LogP contribution >= 0.6 is 0 Å². The number of carbonyl (C=O) groups is 1. The monoisotopic (exact) mass is 567 g/mol. The van der Waals surface area contributed by atoms with Crippen molar-refractivity contribution in [1.29, 1.82) is 0 Å². The Labute approximate surface area is 248 Å². The van der Waals surface area contributed by atoms with Crippen LogP contribution in [0.25, 0.3) is 11.8 Å². The fourth-order valence-electron chi connectivity index (χ4n) is 10.7. The van der Waals surface area contributed by atoms with Gasteiger partial charge in [-0.25, -0.2) is 0 Å². The quantitative estimate of drug-likeness (QED) is 0.275. The van der Waals surface area contributed by atoms with Crippen LogP contribution in [0.3, 0.4) is 0 Å². The van der Waals surface area contributed by atoms with Gasteiger partial charge in [0.2, 0.25) is 6.79 Å². The van der Waals surface area contributed by atoms with Crippen molar-refractivity contribution in [2.45, 2.75) is 83.1 Å². The molecule has 0 N–H and O–H groups in total. The van der Waals surface area contributed by atoms with Crippen LogP contribution in [-0.2, 0) is 11.2 Å². The maximum absolute atomic E-state index is 13.9. The predicted octanol–water partition coefficient (Wildman–Crippen LogP) is 7.54. The normalized spacial score (nSPS) is 31.8.